The van der Waals surface area contributed by atoms with Crippen molar-refractivity contribution in [3.8, 4) is 0 Å². The number of benzene rings is 1. The van der Waals surface area contributed by atoms with E-state index in [1.807, 2.05) is 12.1 Å². The zero-order valence-corrected chi connectivity index (χ0v) is 10.9. The highest BCUT2D eigenvalue weighted by Gasteiger charge is 2.10. The van der Waals surface area contributed by atoms with E-state index in [0.29, 0.717) is 6.61 Å². The van der Waals surface area contributed by atoms with Crippen LogP contribution in [-0.4, -0.2) is 44.7 Å². The molecular weight excluding hydrogens is 231 g/mol. The molecule has 0 aromatic heterocycles. The third-order valence-electron chi connectivity index (χ3n) is 3.34. The predicted octanol–water partition coefficient (Wildman–Crippen LogP) is 1.42. The van der Waals surface area contributed by atoms with E-state index in [1.165, 1.54) is 0 Å². The van der Waals surface area contributed by atoms with Gasteiger partial charge in [-0.2, -0.15) is 0 Å². The lowest BCUT2D eigenvalue weighted by Gasteiger charge is -2.27. The average molecular weight is 252 g/mol. The van der Waals surface area contributed by atoms with E-state index in [4.69, 9.17) is 4.74 Å². The molecule has 1 fully saturated rings. The molecule has 18 heavy (non-hydrogen) atoms. The maximum Gasteiger partial charge on any atom is 0.126 e. The topological polar surface area (TPSA) is 24.5 Å². The largest absolute Gasteiger partial charge is 0.380 e. The molecule has 1 aliphatic heterocycles. The summed E-state index contributed by atoms with van der Waals surface area (Å²) in [5.41, 5.74) is 1.69. The number of rotatable bonds is 5. The van der Waals surface area contributed by atoms with Crippen LogP contribution in [0.3, 0.4) is 0 Å². The molecule has 0 bridgehead atoms. The summed E-state index contributed by atoms with van der Waals surface area (Å²) in [5.74, 6) is -0.111. The lowest BCUT2D eigenvalue weighted by atomic mass is 10.1. The molecule has 0 radical (unpaired) electrons. The quantitative estimate of drug-likeness (QED) is 0.858. The van der Waals surface area contributed by atoms with Crippen LogP contribution in [0.2, 0.25) is 0 Å². The van der Waals surface area contributed by atoms with Gasteiger partial charge in [-0.05, 0) is 23.6 Å². The Labute approximate surface area is 108 Å². The second kappa shape index (κ2) is 6.83. The van der Waals surface area contributed by atoms with Gasteiger partial charge in [0.1, 0.15) is 5.82 Å². The Morgan fingerprint density at radius 1 is 1.33 bits per heavy atom. The fourth-order valence-corrected chi connectivity index (χ4v) is 2.26. The standard InChI is InChI=1S/C14H21FN2O/c1-18-11-12-2-3-13(14(15)10-12)4-7-17-8-5-16-6-9-17/h2-3,10,16H,4-9,11H2,1H3. The lowest BCUT2D eigenvalue weighted by molar-refractivity contribution is 0.184. The zero-order valence-electron chi connectivity index (χ0n) is 10.9. The van der Waals surface area contributed by atoms with Crippen LogP contribution in [0.1, 0.15) is 11.1 Å². The van der Waals surface area contributed by atoms with Crippen molar-refractivity contribution < 1.29 is 9.13 Å². The molecule has 3 nitrogen and oxygen atoms in total. The van der Waals surface area contributed by atoms with Crippen LogP contribution >= 0.6 is 0 Å². The van der Waals surface area contributed by atoms with Crippen LogP contribution in [-0.2, 0) is 17.8 Å². The molecule has 2 rings (SSSR count). The van der Waals surface area contributed by atoms with Crippen molar-refractivity contribution in [2.24, 2.45) is 0 Å². The van der Waals surface area contributed by atoms with Gasteiger partial charge in [-0.1, -0.05) is 12.1 Å². The molecule has 0 atom stereocenters. The SMILES string of the molecule is COCc1ccc(CCN2CCNCC2)c(F)c1. The molecule has 4 heteroatoms. The van der Waals surface area contributed by atoms with Gasteiger partial charge in [-0.3, -0.25) is 0 Å². The first-order valence-corrected chi connectivity index (χ1v) is 6.49. The minimum atomic E-state index is -0.111. The maximum absolute atomic E-state index is 13.8. The van der Waals surface area contributed by atoms with Gasteiger partial charge in [0, 0.05) is 39.8 Å². The molecular formula is C14H21FN2O. The fourth-order valence-electron chi connectivity index (χ4n) is 2.26. The van der Waals surface area contributed by atoms with E-state index in [-0.39, 0.29) is 5.82 Å². The summed E-state index contributed by atoms with van der Waals surface area (Å²) >= 11 is 0. The molecule has 0 saturated carbocycles. The van der Waals surface area contributed by atoms with E-state index >= 15 is 0 Å². The van der Waals surface area contributed by atoms with E-state index in [9.17, 15) is 4.39 Å². The number of hydrogen-bond donors (Lipinski definition) is 1. The monoisotopic (exact) mass is 252 g/mol. The van der Waals surface area contributed by atoms with Crippen LogP contribution in [0.25, 0.3) is 0 Å². The van der Waals surface area contributed by atoms with Crippen molar-refractivity contribution in [2.75, 3.05) is 39.8 Å². The molecule has 1 heterocycles. The Bertz CT molecular complexity index is 378. The van der Waals surface area contributed by atoms with E-state index < -0.39 is 0 Å². The van der Waals surface area contributed by atoms with Crippen molar-refractivity contribution in [1.29, 1.82) is 0 Å². The first-order chi connectivity index (χ1) is 8.79. The number of ether oxygens (including phenoxy) is 1. The molecule has 1 saturated heterocycles. The predicted molar refractivity (Wildman–Crippen MR) is 70.1 cm³/mol. The summed E-state index contributed by atoms with van der Waals surface area (Å²) in [4.78, 5) is 2.37. The van der Waals surface area contributed by atoms with Crippen molar-refractivity contribution in [2.45, 2.75) is 13.0 Å². The van der Waals surface area contributed by atoms with Crippen molar-refractivity contribution in [3.05, 3.63) is 35.1 Å². The van der Waals surface area contributed by atoms with Crippen molar-refractivity contribution in [1.82, 2.24) is 10.2 Å². The minimum Gasteiger partial charge on any atom is -0.380 e. The van der Waals surface area contributed by atoms with Crippen LogP contribution in [0.4, 0.5) is 4.39 Å². The molecule has 1 N–H and O–H groups in total. The third-order valence-corrected chi connectivity index (χ3v) is 3.34. The number of methoxy groups -OCH3 is 1. The Hall–Kier alpha value is -0.970. The van der Waals surface area contributed by atoms with Gasteiger partial charge in [-0.25, -0.2) is 4.39 Å². The number of halogens is 1. The summed E-state index contributed by atoms with van der Waals surface area (Å²) in [7, 11) is 1.62. The van der Waals surface area contributed by atoms with E-state index in [2.05, 4.69) is 10.2 Å². The lowest BCUT2D eigenvalue weighted by Crippen LogP contribution is -2.44. The summed E-state index contributed by atoms with van der Waals surface area (Å²) in [5, 5.41) is 3.32. The van der Waals surface area contributed by atoms with Gasteiger partial charge >= 0.3 is 0 Å². The number of nitrogens with one attached hydrogen (secondary N) is 1. The normalized spacial score (nSPS) is 17.0. The van der Waals surface area contributed by atoms with Crippen molar-refractivity contribution in [3.63, 3.8) is 0 Å². The molecule has 1 aromatic rings. The summed E-state index contributed by atoms with van der Waals surface area (Å²) in [6.07, 6.45) is 0.777. The number of nitrogens with zero attached hydrogens (tertiary/aromatic N) is 1. The summed E-state index contributed by atoms with van der Waals surface area (Å²) in [6, 6.07) is 5.40. The first kappa shape index (κ1) is 13.5. The molecule has 0 spiro atoms. The molecule has 0 aliphatic carbocycles. The highest BCUT2D eigenvalue weighted by Crippen LogP contribution is 2.12. The van der Waals surface area contributed by atoms with E-state index in [1.54, 1.807) is 13.2 Å². The maximum atomic E-state index is 13.8. The second-order valence-corrected chi connectivity index (χ2v) is 4.70. The smallest absolute Gasteiger partial charge is 0.126 e. The minimum absolute atomic E-state index is 0.111. The van der Waals surface area contributed by atoms with E-state index in [0.717, 1.165) is 50.3 Å². The summed E-state index contributed by atoms with van der Waals surface area (Å²) < 4.78 is 18.8. The Kier molecular flexibility index (Phi) is 5.11. The molecule has 0 unspecified atom stereocenters. The highest BCUT2D eigenvalue weighted by atomic mass is 19.1. The Morgan fingerprint density at radius 2 is 2.11 bits per heavy atom. The van der Waals surface area contributed by atoms with Gasteiger partial charge < -0.3 is 15.0 Å². The molecule has 1 aliphatic rings. The highest BCUT2D eigenvalue weighted by molar-refractivity contribution is 5.24. The Balaban J connectivity index is 1.88. The van der Waals surface area contributed by atoms with Crippen LogP contribution in [0, 0.1) is 5.82 Å². The molecule has 1 aromatic carbocycles. The van der Waals surface area contributed by atoms with Gasteiger partial charge in [0.05, 0.1) is 6.61 Å². The fraction of sp³-hybridized carbons (Fsp3) is 0.571. The summed E-state index contributed by atoms with van der Waals surface area (Å²) in [6.45, 7) is 5.59. The number of piperazine rings is 1. The third kappa shape index (κ3) is 3.77. The zero-order chi connectivity index (χ0) is 12.8. The van der Waals surface area contributed by atoms with Crippen molar-refractivity contribution >= 4 is 0 Å². The van der Waals surface area contributed by atoms with Gasteiger partial charge in [0.25, 0.3) is 0 Å². The van der Waals surface area contributed by atoms with Crippen LogP contribution < -0.4 is 5.32 Å². The van der Waals surface area contributed by atoms with Gasteiger partial charge in [0.2, 0.25) is 0 Å². The number of hydrogen-bond acceptors (Lipinski definition) is 3. The molecule has 100 valence electrons. The van der Waals surface area contributed by atoms with Gasteiger partial charge in [0.15, 0.2) is 0 Å². The molecule has 0 amide bonds. The van der Waals surface area contributed by atoms with Crippen LogP contribution in [0.15, 0.2) is 18.2 Å². The van der Waals surface area contributed by atoms with Crippen LogP contribution in [0.5, 0.6) is 0 Å². The first-order valence-electron chi connectivity index (χ1n) is 6.49. The Morgan fingerprint density at radius 3 is 2.78 bits per heavy atom. The second-order valence-electron chi connectivity index (χ2n) is 4.70. The van der Waals surface area contributed by atoms with Gasteiger partial charge in [-0.15, -0.1) is 0 Å². The average Bonchev–Trinajstić information content (AvgIpc) is 2.39.